The van der Waals surface area contributed by atoms with Gasteiger partial charge in [-0.25, -0.2) is 4.98 Å². The summed E-state index contributed by atoms with van der Waals surface area (Å²) >= 11 is 0. The minimum Gasteiger partial charge on any atom is -0.390 e. The standard InChI is InChI=1S/C7H10N2O2/c1-4-6(3-10)9-7(8-4)5(2)11/h10H,3H2,1-2H3,(H,8,9). The first-order valence-corrected chi connectivity index (χ1v) is 3.32. The van der Waals surface area contributed by atoms with Crippen molar-refractivity contribution in [3.63, 3.8) is 0 Å². The molecule has 0 radical (unpaired) electrons. The van der Waals surface area contributed by atoms with Crippen LogP contribution in [0.2, 0.25) is 0 Å². The van der Waals surface area contributed by atoms with Crippen LogP contribution in [0.5, 0.6) is 0 Å². The SMILES string of the molecule is CC(=O)c1nc(CO)c(C)[nH]1. The molecule has 0 atom stereocenters. The van der Waals surface area contributed by atoms with E-state index in [0.29, 0.717) is 11.5 Å². The second kappa shape index (κ2) is 2.84. The third kappa shape index (κ3) is 1.46. The molecule has 0 aliphatic rings. The molecule has 0 saturated carbocycles. The van der Waals surface area contributed by atoms with Crippen LogP contribution >= 0.6 is 0 Å². The molecule has 0 fully saturated rings. The smallest absolute Gasteiger partial charge is 0.194 e. The Balaban J connectivity index is 3.05. The summed E-state index contributed by atoms with van der Waals surface area (Å²) in [5, 5.41) is 8.72. The van der Waals surface area contributed by atoms with E-state index in [2.05, 4.69) is 9.97 Å². The van der Waals surface area contributed by atoms with E-state index in [0.717, 1.165) is 5.69 Å². The number of aliphatic hydroxyl groups is 1. The molecule has 60 valence electrons. The largest absolute Gasteiger partial charge is 0.390 e. The fourth-order valence-electron chi connectivity index (χ4n) is 0.817. The van der Waals surface area contributed by atoms with Gasteiger partial charge in [0.1, 0.15) is 0 Å². The second-order valence-corrected chi connectivity index (χ2v) is 2.37. The van der Waals surface area contributed by atoms with Gasteiger partial charge in [0.25, 0.3) is 0 Å². The lowest BCUT2D eigenvalue weighted by molar-refractivity contribution is 0.100. The number of nitrogens with one attached hydrogen (secondary N) is 1. The minimum atomic E-state index is -0.129. The second-order valence-electron chi connectivity index (χ2n) is 2.37. The van der Waals surface area contributed by atoms with Crippen LogP contribution in [0, 0.1) is 6.92 Å². The molecular formula is C7H10N2O2. The normalized spacial score (nSPS) is 10.1. The van der Waals surface area contributed by atoms with Gasteiger partial charge in [-0.3, -0.25) is 4.79 Å². The summed E-state index contributed by atoms with van der Waals surface area (Å²) in [5.41, 5.74) is 1.29. The molecular weight excluding hydrogens is 144 g/mol. The Morgan fingerprint density at radius 2 is 2.36 bits per heavy atom. The van der Waals surface area contributed by atoms with Crippen LogP contribution in [0.3, 0.4) is 0 Å². The van der Waals surface area contributed by atoms with E-state index in [1.165, 1.54) is 6.92 Å². The number of nitrogens with zero attached hydrogens (tertiary/aromatic N) is 1. The van der Waals surface area contributed by atoms with Gasteiger partial charge in [-0.15, -0.1) is 0 Å². The van der Waals surface area contributed by atoms with Crippen molar-refractivity contribution in [3.8, 4) is 0 Å². The van der Waals surface area contributed by atoms with Gasteiger partial charge in [0.2, 0.25) is 0 Å². The summed E-state index contributed by atoms with van der Waals surface area (Å²) in [5.74, 6) is 0.194. The summed E-state index contributed by atoms with van der Waals surface area (Å²) < 4.78 is 0. The van der Waals surface area contributed by atoms with Crippen LogP contribution in [-0.2, 0) is 6.61 Å². The van der Waals surface area contributed by atoms with Crippen LogP contribution in [0.4, 0.5) is 0 Å². The van der Waals surface area contributed by atoms with Gasteiger partial charge in [0, 0.05) is 12.6 Å². The van der Waals surface area contributed by atoms with Gasteiger partial charge in [0.05, 0.1) is 12.3 Å². The molecule has 0 aromatic carbocycles. The molecule has 0 aliphatic carbocycles. The van der Waals surface area contributed by atoms with E-state index in [9.17, 15) is 4.79 Å². The zero-order valence-corrected chi connectivity index (χ0v) is 6.51. The van der Waals surface area contributed by atoms with Crippen LogP contribution in [0.25, 0.3) is 0 Å². The lowest BCUT2D eigenvalue weighted by Crippen LogP contribution is -1.94. The highest BCUT2D eigenvalue weighted by Gasteiger charge is 2.07. The molecule has 1 heterocycles. The number of ketones is 1. The molecule has 0 unspecified atom stereocenters. The molecule has 0 spiro atoms. The van der Waals surface area contributed by atoms with E-state index >= 15 is 0 Å². The Hall–Kier alpha value is -1.16. The van der Waals surface area contributed by atoms with E-state index in [1.807, 2.05) is 0 Å². The Kier molecular flexibility index (Phi) is 2.05. The first-order valence-electron chi connectivity index (χ1n) is 3.32. The summed E-state index contributed by atoms with van der Waals surface area (Å²) in [6, 6.07) is 0. The number of aryl methyl sites for hydroxylation is 1. The van der Waals surface area contributed by atoms with Crippen LogP contribution < -0.4 is 0 Å². The topological polar surface area (TPSA) is 66.0 Å². The lowest BCUT2D eigenvalue weighted by Gasteiger charge is -1.85. The fourth-order valence-corrected chi connectivity index (χ4v) is 0.817. The average molecular weight is 154 g/mol. The fraction of sp³-hybridized carbons (Fsp3) is 0.429. The van der Waals surface area contributed by atoms with Gasteiger partial charge in [0.15, 0.2) is 11.6 Å². The zero-order chi connectivity index (χ0) is 8.43. The lowest BCUT2D eigenvalue weighted by atomic mass is 10.4. The highest BCUT2D eigenvalue weighted by molar-refractivity contribution is 5.90. The van der Waals surface area contributed by atoms with Gasteiger partial charge in [-0.05, 0) is 6.92 Å². The number of hydrogen-bond acceptors (Lipinski definition) is 3. The molecule has 2 N–H and O–H groups in total. The molecule has 0 bridgehead atoms. The number of imidazole rings is 1. The van der Waals surface area contributed by atoms with E-state index < -0.39 is 0 Å². The van der Waals surface area contributed by atoms with Crippen molar-refractivity contribution in [2.24, 2.45) is 0 Å². The maximum Gasteiger partial charge on any atom is 0.194 e. The molecule has 0 amide bonds. The van der Waals surface area contributed by atoms with Crippen molar-refractivity contribution in [3.05, 3.63) is 17.2 Å². The molecule has 0 saturated heterocycles. The predicted molar refractivity (Wildman–Crippen MR) is 39.3 cm³/mol. The van der Waals surface area contributed by atoms with Crippen molar-refractivity contribution in [1.82, 2.24) is 9.97 Å². The monoisotopic (exact) mass is 154 g/mol. The number of H-pyrrole nitrogens is 1. The number of Topliss-reactive ketones (excluding diaryl/α,β-unsaturated/α-hetero) is 1. The van der Waals surface area contributed by atoms with Crippen LogP contribution in [0.15, 0.2) is 0 Å². The van der Waals surface area contributed by atoms with Crippen molar-refractivity contribution >= 4 is 5.78 Å². The Morgan fingerprint density at radius 1 is 1.73 bits per heavy atom. The minimum absolute atomic E-state index is 0.118. The molecule has 1 aromatic rings. The first kappa shape index (κ1) is 7.94. The van der Waals surface area contributed by atoms with Crippen molar-refractivity contribution < 1.29 is 9.90 Å². The van der Waals surface area contributed by atoms with Crippen molar-refractivity contribution in [2.75, 3.05) is 0 Å². The molecule has 4 nitrogen and oxygen atoms in total. The number of carbonyl (C=O) groups is 1. The van der Waals surface area contributed by atoms with Crippen LogP contribution in [-0.4, -0.2) is 20.9 Å². The summed E-state index contributed by atoms with van der Waals surface area (Å²) in [6.45, 7) is 3.07. The number of carbonyl (C=O) groups excluding carboxylic acids is 1. The first-order chi connectivity index (χ1) is 5.15. The molecule has 0 aliphatic heterocycles. The van der Waals surface area contributed by atoms with Gasteiger partial charge >= 0.3 is 0 Å². The highest BCUT2D eigenvalue weighted by atomic mass is 16.3. The number of aromatic nitrogens is 2. The van der Waals surface area contributed by atoms with E-state index in [-0.39, 0.29) is 12.4 Å². The maximum atomic E-state index is 10.8. The van der Waals surface area contributed by atoms with Gasteiger partial charge in [-0.2, -0.15) is 0 Å². The Bertz CT molecular complexity index is 278. The maximum absolute atomic E-state index is 10.8. The van der Waals surface area contributed by atoms with E-state index in [1.54, 1.807) is 6.92 Å². The van der Waals surface area contributed by atoms with Crippen molar-refractivity contribution in [1.29, 1.82) is 0 Å². The Morgan fingerprint density at radius 3 is 2.64 bits per heavy atom. The van der Waals surface area contributed by atoms with E-state index in [4.69, 9.17) is 5.11 Å². The molecule has 11 heavy (non-hydrogen) atoms. The quantitative estimate of drug-likeness (QED) is 0.606. The average Bonchev–Trinajstić information content (AvgIpc) is 2.31. The number of aliphatic hydroxyl groups excluding tert-OH is 1. The molecule has 1 aromatic heterocycles. The summed E-state index contributed by atoms with van der Waals surface area (Å²) in [7, 11) is 0. The third-order valence-electron chi connectivity index (χ3n) is 1.47. The summed E-state index contributed by atoms with van der Waals surface area (Å²) in [6.07, 6.45) is 0. The number of hydrogen-bond donors (Lipinski definition) is 2. The van der Waals surface area contributed by atoms with Crippen LogP contribution in [0.1, 0.15) is 28.9 Å². The molecule has 1 rings (SSSR count). The highest BCUT2D eigenvalue weighted by Crippen LogP contribution is 2.04. The van der Waals surface area contributed by atoms with Gasteiger partial charge in [-0.1, -0.05) is 0 Å². The molecule has 4 heteroatoms. The summed E-state index contributed by atoms with van der Waals surface area (Å²) in [4.78, 5) is 17.4. The van der Waals surface area contributed by atoms with Crippen molar-refractivity contribution in [2.45, 2.75) is 20.5 Å². The zero-order valence-electron chi connectivity index (χ0n) is 6.51. The Labute approximate surface area is 64.3 Å². The van der Waals surface area contributed by atoms with Gasteiger partial charge < -0.3 is 10.1 Å². The predicted octanol–water partition coefficient (Wildman–Crippen LogP) is 0.413. The number of rotatable bonds is 2. The number of aromatic amines is 1. The third-order valence-corrected chi connectivity index (χ3v) is 1.47.